The second-order valence-corrected chi connectivity index (χ2v) is 3.63. The monoisotopic (exact) mass is 187 g/mol. The van der Waals surface area contributed by atoms with E-state index in [1.807, 2.05) is 24.3 Å². The highest BCUT2D eigenvalue weighted by Gasteiger charge is 2.52. The number of hydrogen-bond acceptors (Lipinski definition) is 3. The zero-order valence-corrected chi connectivity index (χ0v) is 7.49. The number of epoxide rings is 1. The normalized spacial score (nSPS) is 28.6. The highest BCUT2D eigenvalue weighted by atomic mass is 16.6. The van der Waals surface area contributed by atoms with Crippen molar-refractivity contribution >= 4 is 5.78 Å². The minimum absolute atomic E-state index is 0.0285. The standard InChI is InChI=1S/C11H9NO2/c12-10-5-9(13)7-3-1-2-4-8(7)11(10)6-14-11/h1-5H,6,12H2. The summed E-state index contributed by atoms with van der Waals surface area (Å²) in [6.45, 7) is 0.583. The molecule has 1 aromatic carbocycles. The number of ketones is 1. The molecule has 1 unspecified atom stereocenters. The summed E-state index contributed by atoms with van der Waals surface area (Å²) in [5.41, 5.74) is 7.46. The summed E-state index contributed by atoms with van der Waals surface area (Å²) in [5, 5.41) is 0. The lowest BCUT2D eigenvalue weighted by Crippen LogP contribution is -2.27. The maximum Gasteiger partial charge on any atom is 0.188 e. The van der Waals surface area contributed by atoms with E-state index in [1.54, 1.807) is 0 Å². The maximum atomic E-state index is 11.6. The Hall–Kier alpha value is -1.61. The zero-order chi connectivity index (χ0) is 9.76. The fourth-order valence-electron chi connectivity index (χ4n) is 1.94. The van der Waals surface area contributed by atoms with Crippen LogP contribution in [0.4, 0.5) is 0 Å². The molecule has 2 N–H and O–H groups in total. The predicted molar refractivity (Wildman–Crippen MR) is 50.7 cm³/mol. The Kier molecular flexibility index (Phi) is 1.25. The fraction of sp³-hybridized carbons (Fsp3) is 0.182. The molecule has 70 valence electrons. The molecule has 3 rings (SSSR count). The summed E-state index contributed by atoms with van der Waals surface area (Å²) < 4.78 is 5.38. The molecule has 3 heteroatoms. The molecule has 1 fully saturated rings. The van der Waals surface area contributed by atoms with E-state index < -0.39 is 5.60 Å². The van der Waals surface area contributed by atoms with Crippen LogP contribution in [0.15, 0.2) is 36.0 Å². The average molecular weight is 187 g/mol. The van der Waals surface area contributed by atoms with E-state index in [1.165, 1.54) is 6.08 Å². The van der Waals surface area contributed by atoms with E-state index >= 15 is 0 Å². The van der Waals surface area contributed by atoms with Crippen molar-refractivity contribution in [1.29, 1.82) is 0 Å². The second kappa shape index (κ2) is 2.25. The third-order valence-corrected chi connectivity index (χ3v) is 2.81. The molecule has 0 aromatic heterocycles. The van der Waals surface area contributed by atoms with E-state index in [0.717, 1.165) is 5.56 Å². The van der Waals surface area contributed by atoms with Gasteiger partial charge in [-0.2, -0.15) is 0 Å². The molecule has 14 heavy (non-hydrogen) atoms. The highest BCUT2D eigenvalue weighted by Crippen LogP contribution is 2.46. The Morgan fingerprint density at radius 3 is 2.79 bits per heavy atom. The molecule has 1 saturated heterocycles. The number of benzene rings is 1. The summed E-state index contributed by atoms with van der Waals surface area (Å²) in [6, 6.07) is 7.46. The average Bonchev–Trinajstić information content (AvgIpc) is 2.97. The van der Waals surface area contributed by atoms with Gasteiger partial charge in [-0.15, -0.1) is 0 Å². The van der Waals surface area contributed by atoms with Crippen LogP contribution in [0.2, 0.25) is 0 Å². The van der Waals surface area contributed by atoms with Gasteiger partial charge in [-0.3, -0.25) is 4.79 Å². The van der Waals surface area contributed by atoms with Crippen molar-refractivity contribution in [3.8, 4) is 0 Å². The first-order chi connectivity index (χ1) is 6.74. The van der Waals surface area contributed by atoms with Crippen LogP contribution in [0, 0.1) is 0 Å². The van der Waals surface area contributed by atoms with Crippen LogP contribution in [-0.2, 0) is 10.3 Å². The van der Waals surface area contributed by atoms with Crippen LogP contribution in [-0.4, -0.2) is 12.4 Å². The Balaban J connectivity index is 2.29. The summed E-state index contributed by atoms with van der Waals surface area (Å²) in [5.74, 6) is -0.0285. The van der Waals surface area contributed by atoms with Crippen LogP contribution < -0.4 is 5.73 Å². The number of nitrogens with two attached hydrogens (primary N) is 1. The Labute approximate surface area is 81.2 Å². The summed E-state index contributed by atoms with van der Waals surface area (Å²) in [6.07, 6.45) is 1.47. The molecule has 1 aliphatic heterocycles. The van der Waals surface area contributed by atoms with E-state index in [9.17, 15) is 4.79 Å². The van der Waals surface area contributed by atoms with Gasteiger partial charge in [-0.1, -0.05) is 24.3 Å². The Morgan fingerprint density at radius 1 is 1.36 bits per heavy atom. The number of rotatable bonds is 0. The van der Waals surface area contributed by atoms with Gasteiger partial charge in [0.05, 0.1) is 12.3 Å². The van der Waals surface area contributed by atoms with Crippen molar-refractivity contribution in [2.45, 2.75) is 5.60 Å². The van der Waals surface area contributed by atoms with Gasteiger partial charge in [-0.05, 0) is 0 Å². The maximum absolute atomic E-state index is 11.6. The molecule has 1 aromatic rings. The lowest BCUT2D eigenvalue weighted by molar-refractivity contribution is 0.103. The zero-order valence-electron chi connectivity index (χ0n) is 7.49. The Bertz CT molecular complexity index is 458. The highest BCUT2D eigenvalue weighted by molar-refractivity contribution is 6.08. The van der Waals surface area contributed by atoms with Crippen molar-refractivity contribution in [2.24, 2.45) is 5.73 Å². The second-order valence-electron chi connectivity index (χ2n) is 3.63. The number of fused-ring (bicyclic) bond motifs is 2. The smallest absolute Gasteiger partial charge is 0.188 e. The van der Waals surface area contributed by atoms with Gasteiger partial charge in [0.15, 0.2) is 11.4 Å². The van der Waals surface area contributed by atoms with E-state index in [0.29, 0.717) is 17.9 Å². The van der Waals surface area contributed by atoms with E-state index in [4.69, 9.17) is 10.5 Å². The summed E-state index contributed by atoms with van der Waals surface area (Å²) >= 11 is 0. The predicted octanol–water partition coefficient (Wildman–Crippen LogP) is 0.951. The van der Waals surface area contributed by atoms with Crippen LogP contribution in [0.25, 0.3) is 0 Å². The fourth-order valence-corrected chi connectivity index (χ4v) is 1.94. The minimum Gasteiger partial charge on any atom is -0.399 e. The third-order valence-electron chi connectivity index (χ3n) is 2.81. The van der Waals surface area contributed by atoms with E-state index in [-0.39, 0.29) is 5.78 Å². The molecule has 1 aliphatic carbocycles. The number of allylic oxidation sites excluding steroid dienone is 1. The summed E-state index contributed by atoms with van der Waals surface area (Å²) in [4.78, 5) is 11.6. The topological polar surface area (TPSA) is 55.6 Å². The molecule has 0 radical (unpaired) electrons. The number of carbonyl (C=O) groups excluding carboxylic acids is 1. The number of ether oxygens (including phenoxy) is 1. The Morgan fingerprint density at radius 2 is 2.07 bits per heavy atom. The van der Waals surface area contributed by atoms with Gasteiger partial charge in [0.25, 0.3) is 0 Å². The number of hydrogen-bond donors (Lipinski definition) is 1. The minimum atomic E-state index is -0.482. The summed E-state index contributed by atoms with van der Waals surface area (Å²) in [7, 11) is 0. The molecule has 1 heterocycles. The van der Waals surface area contributed by atoms with Gasteiger partial charge in [0.2, 0.25) is 0 Å². The van der Waals surface area contributed by atoms with Gasteiger partial charge in [0, 0.05) is 17.2 Å². The van der Waals surface area contributed by atoms with Crippen molar-refractivity contribution in [2.75, 3.05) is 6.61 Å². The SMILES string of the molecule is NC1=CC(=O)c2ccccc2C12CO2. The number of carbonyl (C=O) groups is 1. The molecule has 1 spiro atoms. The molecule has 0 bridgehead atoms. The largest absolute Gasteiger partial charge is 0.399 e. The molecule has 0 amide bonds. The van der Waals surface area contributed by atoms with Crippen LogP contribution in [0.1, 0.15) is 15.9 Å². The molecular weight excluding hydrogens is 178 g/mol. The van der Waals surface area contributed by atoms with Gasteiger partial charge in [0.1, 0.15) is 0 Å². The molecule has 3 nitrogen and oxygen atoms in total. The lowest BCUT2D eigenvalue weighted by Gasteiger charge is -2.20. The molecular formula is C11H9NO2. The van der Waals surface area contributed by atoms with Gasteiger partial charge >= 0.3 is 0 Å². The first-order valence-corrected chi connectivity index (χ1v) is 4.49. The van der Waals surface area contributed by atoms with Crippen LogP contribution in [0.3, 0.4) is 0 Å². The first kappa shape index (κ1) is 7.76. The van der Waals surface area contributed by atoms with Crippen molar-refractivity contribution in [1.82, 2.24) is 0 Å². The van der Waals surface area contributed by atoms with Crippen LogP contribution in [0.5, 0.6) is 0 Å². The molecule has 0 saturated carbocycles. The van der Waals surface area contributed by atoms with Crippen molar-refractivity contribution in [3.05, 3.63) is 47.2 Å². The first-order valence-electron chi connectivity index (χ1n) is 4.49. The van der Waals surface area contributed by atoms with Gasteiger partial charge in [-0.25, -0.2) is 0 Å². The quantitative estimate of drug-likeness (QED) is 0.615. The molecule has 2 aliphatic rings. The van der Waals surface area contributed by atoms with Crippen molar-refractivity contribution < 1.29 is 9.53 Å². The van der Waals surface area contributed by atoms with E-state index in [2.05, 4.69) is 0 Å². The van der Waals surface area contributed by atoms with Crippen LogP contribution >= 0.6 is 0 Å². The third kappa shape index (κ3) is 0.775. The molecule has 1 atom stereocenters. The lowest BCUT2D eigenvalue weighted by atomic mass is 9.85. The van der Waals surface area contributed by atoms with Gasteiger partial charge < -0.3 is 10.5 Å². The van der Waals surface area contributed by atoms with Crippen molar-refractivity contribution in [3.63, 3.8) is 0 Å².